The van der Waals surface area contributed by atoms with Gasteiger partial charge in [-0.25, -0.2) is 4.98 Å². The molecule has 0 saturated carbocycles. The quantitative estimate of drug-likeness (QED) is 0.414. The molecular weight excluding hydrogens is 428 g/mol. The Balaban J connectivity index is 1.68. The van der Waals surface area contributed by atoms with E-state index < -0.39 is 0 Å². The second-order valence-electron chi connectivity index (χ2n) is 5.55. The third kappa shape index (κ3) is 5.15. The number of anilines is 2. The van der Waals surface area contributed by atoms with Gasteiger partial charge in [0.25, 0.3) is 0 Å². The summed E-state index contributed by atoms with van der Waals surface area (Å²) in [6, 6.07) is 13.2. The molecule has 138 valence electrons. The van der Waals surface area contributed by atoms with Gasteiger partial charge in [-0.1, -0.05) is 28.1 Å². The zero-order valence-electron chi connectivity index (χ0n) is 14.7. The van der Waals surface area contributed by atoms with Gasteiger partial charge >= 0.3 is 0 Å². The van der Waals surface area contributed by atoms with Crippen molar-refractivity contribution in [3.05, 3.63) is 57.9 Å². The highest BCUT2D eigenvalue weighted by molar-refractivity contribution is 9.10. The molecule has 27 heavy (non-hydrogen) atoms. The van der Waals surface area contributed by atoms with Crippen molar-refractivity contribution in [2.45, 2.75) is 6.92 Å². The van der Waals surface area contributed by atoms with Gasteiger partial charge in [-0.3, -0.25) is 10.2 Å². The zero-order chi connectivity index (χ0) is 19.2. The number of ether oxygens (including phenoxy) is 1. The Morgan fingerprint density at radius 3 is 2.74 bits per heavy atom. The van der Waals surface area contributed by atoms with E-state index in [9.17, 15) is 4.79 Å². The van der Waals surface area contributed by atoms with Gasteiger partial charge in [-0.2, -0.15) is 5.10 Å². The normalized spacial score (nSPS) is 10.8. The van der Waals surface area contributed by atoms with E-state index in [1.54, 1.807) is 13.3 Å². The fourth-order valence-electron chi connectivity index (χ4n) is 2.35. The van der Waals surface area contributed by atoms with Crippen molar-refractivity contribution in [1.29, 1.82) is 0 Å². The van der Waals surface area contributed by atoms with Gasteiger partial charge in [0.15, 0.2) is 0 Å². The van der Waals surface area contributed by atoms with Gasteiger partial charge in [0.2, 0.25) is 11.0 Å². The molecule has 0 saturated heterocycles. The third-order valence-electron chi connectivity index (χ3n) is 3.56. The minimum atomic E-state index is -0.0946. The maximum absolute atomic E-state index is 11.1. The maximum Gasteiger partial charge on any atom is 0.221 e. The fourth-order valence-corrected chi connectivity index (χ4v) is 3.40. The van der Waals surface area contributed by atoms with Gasteiger partial charge in [-0.05, 0) is 30.3 Å². The average Bonchev–Trinajstić information content (AvgIpc) is 3.11. The van der Waals surface area contributed by atoms with E-state index in [1.807, 2.05) is 47.8 Å². The Morgan fingerprint density at radius 2 is 2.04 bits per heavy atom. The van der Waals surface area contributed by atoms with Crippen molar-refractivity contribution in [3.63, 3.8) is 0 Å². The summed E-state index contributed by atoms with van der Waals surface area (Å²) in [5.74, 6) is 0.644. The molecule has 0 bridgehead atoms. The lowest BCUT2D eigenvalue weighted by Crippen LogP contribution is -2.05. The fraction of sp³-hybridized carbons (Fsp3) is 0.105. The molecule has 2 aromatic carbocycles. The van der Waals surface area contributed by atoms with Crippen LogP contribution in [0.5, 0.6) is 5.75 Å². The molecule has 0 aliphatic rings. The number of methoxy groups -OCH3 is 1. The molecule has 3 rings (SSSR count). The van der Waals surface area contributed by atoms with Crippen LogP contribution < -0.4 is 15.5 Å². The van der Waals surface area contributed by atoms with Crippen LogP contribution in [0, 0.1) is 0 Å². The zero-order valence-corrected chi connectivity index (χ0v) is 17.1. The third-order valence-corrected chi connectivity index (χ3v) is 4.80. The molecule has 8 heteroatoms. The van der Waals surface area contributed by atoms with E-state index in [4.69, 9.17) is 4.74 Å². The maximum atomic E-state index is 11.1. The standard InChI is InChI=1S/C19H17BrN4O2S/c1-12(25)22-16-6-3-13(4-7-16)17-11-27-19(23-17)24-21-10-14-9-15(20)5-8-18(14)26-2/h3-11H,1-2H3,(H,22,25)(H,23,24)/b21-10-. The molecule has 0 radical (unpaired) electrons. The van der Waals surface area contributed by atoms with E-state index in [0.717, 1.165) is 32.7 Å². The molecule has 3 aromatic rings. The summed E-state index contributed by atoms with van der Waals surface area (Å²) in [5, 5.41) is 9.61. The lowest BCUT2D eigenvalue weighted by atomic mass is 10.1. The van der Waals surface area contributed by atoms with Crippen LogP contribution in [-0.4, -0.2) is 24.2 Å². The highest BCUT2D eigenvalue weighted by Gasteiger charge is 2.05. The van der Waals surface area contributed by atoms with Crippen LogP contribution in [0.1, 0.15) is 12.5 Å². The van der Waals surface area contributed by atoms with Crippen molar-refractivity contribution < 1.29 is 9.53 Å². The summed E-state index contributed by atoms with van der Waals surface area (Å²) in [4.78, 5) is 15.6. The molecule has 0 aliphatic carbocycles. The second-order valence-corrected chi connectivity index (χ2v) is 7.33. The predicted octanol–water partition coefficient (Wildman–Crippen LogP) is 4.99. The number of hydrazone groups is 1. The number of carbonyl (C=O) groups is 1. The first-order valence-electron chi connectivity index (χ1n) is 8.01. The van der Waals surface area contributed by atoms with Crippen molar-refractivity contribution in [2.75, 3.05) is 17.9 Å². The summed E-state index contributed by atoms with van der Waals surface area (Å²) in [6.07, 6.45) is 1.69. The van der Waals surface area contributed by atoms with E-state index in [0.29, 0.717) is 5.13 Å². The second kappa shape index (κ2) is 8.79. The highest BCUT2D eigenvalue weighted by atomic mass is 79.9. The lowest BCUT2D eigenvalue weighted by molar-refractivity contribution is -0.114. The molecule has 0 aliphatic heterocycles. The lowest BCUT2D eigenvalue weighted by Gasteiger charge is -2.04. The van der Waals surface area contributed by atoms with Crippen LogP contribution in [0.3, 0.4) is 0 Å². The van der Waals surface area contributed by atoms with Gasteiger partial charge in [-0.15, -0.1) is 11.3 Å². The van der Waals surface area contributed by atoms with Gasteiger partial charge < -0.3 is 10.1 Å². The molecular formula is C19H17BrN4O2S. The smallest absolute Gasteiger partial charge is 0.221 e. The van der Waals surface area contributed by atoms with Gasteiger partial charge in [0.1, 0.15) is 5.75 Å². The minimum Gasteiger partial charge on any atom is -0.496 e. The molecule has 0 atom stereocenters. The first kappa shape index (κ1) is 19.1. The number of aromatic nitrogens is 1. The molecule has 0 spiro atoms. The van der Waals surface area contributed by atoms with Crippen molar-refractivity contribution in [3.8, 4) is 17.0 Å². The molecule has 0 unspecified atom stereocenters. The van der Waals surface area contributed by atoms with E-state index in [1.165, 1.54) is 18.3 Å². The number of hydrogen-bond donors (Lipinski definition) is 2. The topological polar surface area (TPSA) is 75.6 Å². The van der Waals surface area contributed by atoms with Gasteiger partial charge in [0, 0.05) is 33.6 Å². The SMILES string of the molecule is COc1ccc(Br)cc1/C=N\Nc1nc(-c2ccc(NC(C)=O)cc2)cs1. The van der Waals surface area contributed by atoms with Crippen LogP contribution in [-0.2, 0) is 4.79 Å². The Morgan fingerprint density at radius 1 is 1.26 bits per heavy atom. The number of nitrogens with zero attached hydrogens (tertiary/aromatic N) is 2. The number of rotatable bonds is 6. The molecule has 0 fully saturated rings. The monoisotopic (exact) mass is 444 g/mol. The highest BCUT2D eigenvalue weighted by Crippen LogP contribution is 2.26. The number of hydrogen-bond acceptors (Lipinski definition) is 6. The summed E-state index contributed by atoms with van der Waals surface area (Å²) < 4.78 is 6.27. The Hall–Kier alpha value is -2.71. The number of carbonyl (C=O) groups excluding carboxylic acids is 1. The number of benzene rings is 2. The summed E-state index contributed by atoms with van der Waals surface area (Å²) in [5.41, 5.74) is 6.35. The van der Waals surface area contributed by atoms with Crippen LogP contribution >= 0.6 is 27.3 Å². The average molecular weight is 445 g/mol. The minimum absolute atomic E-state index is 0.0946. The largest absolute Gasteiger partial charge is 0.496 e. The Kier molecular flexibility index (Phi) is 6.20. The molecule has 1 heterocycles. The van der Waals surface area contributed by atoms with Crippen LogP contribution in [0.15, 0.2) is 57.4 Å². The van der Waals surface area contributed by atoms with Gasteiger partial charge in [0.05, 0.1) is 19.0 Å². The summed E-state index contributed by atoms with van der Waals surface area (Å²) in [6.45, 7) is 1.48. The molecule has 2 N–H and O–H groups in total. The summed E-state index contributed by atoms with van der Waals surface area (Å²) in [7, 11) is 1.62. The van der Waals surface area contributed by atoms with Crippen LogP contribution in [0.25, 0.3) is 11.3 Å². The first-order valence-corrected chi connectivity index (χ1v) is 9.68. The first-order chi connectivity index (χ1) is 13.0. The van der Waals surface area contributed by atoms with E-state index in [-0.39, 0.29) is 5.91 Å². The molecule has 6 nitrogen and oxygen atoms in total. The predicted molar refractivity (Wildman–Crippen MR) is 114 cm³/mol. The number of amides is 1. The van der Waals surface area contributed by atoms with Crippen molar-refractivity contribution in [1.82, 2.24) is 4.98 Å². The van der Waals surface area contributed by atoms with E-state index in [2.05, 4.69) is 36.8 Å². The van der Waals surface area contributed by atoms with Crippen LogP contribution in [0.4, 0.5) is 10.8 Å². The summed E-state index contributed by atoms with van der Waals surface area (Å²) >= 11 is 4.90. The number of nitrogens with one attached hydrogen (secondary N) is 2. The van der Waals surface area contributed by atoms with Crippen molar-refractivity contribution in [2.24, 2.45) is 5.10 Å². The molecule has 1 amide bonds. The Bertz CT molecular complexity index is 970. The van der Waals surface area contributed by atoms with E-state index >= 15 is 0 Å². The van der Waals surface area contributed by atoms with Crippen molar-refractivity contribution >= 4 is 50.2 Å². The number of halogens is 1. The molecule has 1 aromatic heterocycles. The Labute approximate surface area is 169 Å². The van der Waals surface area contributed by atoms with Crippen LogP contribution in [0.2, 0.25) is 0 Å². The number of thiazole rings is 1.